The molecular formula is C15H23N5O2. The molecule has 0 radical (unpaired) electrons. The predicted octanol–water partition coefficient (Wildman–Crippen LogP) is 1.62. The Balaban J connectivity index is 1.52. The van der Waals surface area contributed by atoms with Gasteiger partial charge < -0.3 is 15.0 Å². The van der Waals surface area contributed by atoms with Crippen LogP contribution >= 0.6 is 0 Å². The van der Waals surface area contributed by atoms with Crippen LogP contribution in [0.25, 0.3) is 0 Å². The molecule has 0 unspecified atom stereocenters. The fourth-order valence-corrected chi connectivity index (χ4v) is 2.74. The van der Waals surface area contributed by atoms with Crippen molar-refractivity contribution in [2.24, 2.45) is 5.92 Å². The number of nitrogens with one attached hydrogen (secondary N) is 2. The Morgan fingerprint density at radius 1 is 1.36 bits per heavy atom. The number of amides is 2. The highest BCUT2D eigenvalue weighted by Gasteiger charge is 2.36. The van der Waals surface area contributed by atoms with Gasteiger partial charge in [0, 0.05) is 32.9 Å². The SMILES string of the molecule is CN(C)c1ccnc(NC(=O)N[C@H]2CCO[C@H](C3CC3)C2)n1. The molecule has 7 nitrogen and oxygen atoms in total. The summed E-state index contributed by atoms with van der Waals surface area (Å²) in [5.41, 5.74) is 0. The fraction of sp³-hybridized carbons (Fsp3) is 0.667. The maximum Gasteiger partial charge on any atom is 0.321 e. The lowest BCUT2D eigenvalue weighted by Crippen LogP contribution is -2.44. The topological polar surface area (TPSA) is 79.4 Å². The van der Waals surface area contributed by atoms with Gasteiger partial charge in [0.1, 0.15) is 5.82 Å². The molecule has 2 atom stereocenters. The number of urea groups is 1. The van der Waals surface area contributed by atoms with Gasteiger partial charge in [0.15, 0.2) is 0 Å². The van der Waals surface area contributed by atoms with Crippen LogP contribution in [-0.4, -0.2) is 48.8 Å². The third-order valence-corrected chi connectivity index (χ3v) is 4.12. The quantitative estimate of drug-likeness (QED) is 0.883. The van der Waals surface area contributed by atoms with Gasteiger partial charge in [-0.05, 0) is 37.7 Å². The second-order valence-electron chi connectivity index (χ2n) is 6.20. The van der Waals surface area contributed by atoms with E-state index in [-0.39, 0.29) is 12.1 Å². The highest BCUT2D eigenvalue weighted by Crippen LogP contribution is 2.38. The summed E-state index contributed by atoms with van der Waals surface area (Å²) in [6.45, 7) is 0.721. The van der Waals surface area contributed by atoms with Gasteiger partial charge in [-0.25, -0.2) is 9.78 Å². The molecule has 2 amide bonds. The first-order valence-corrected chi connectivity index (χ1v) is 7.81. The molecule has 0 aromatic carbocycles. The summed E-state index contributed by atoms with van der Waals surface area (Å²) in [5.74, 6) is 1.77. The predicted molar refractivity (Wildman–Crippen MR) is 84.0 cm³/mol. The summed E-state index contributed by atoms with van der Waals surface area (Å²) in [6, 6.07) is 1.70. The van der Waals surface area contributed by atoms with Gasteiger partial charge in [-0.3, -0.25) is 5.32 Å². The summed E-state index contributed by atoms with van der Waals surface area (Å²) in [7, 11) is 3.79. The molecule has 1 aliphatic heterocycles. The van der Waals surface area contributed by atoms with Crippen LogP contribution in [0.1, 0.15) is 25.7 Å². The normalized spacial score (nSPS) is 24.6. The minimum Gasteiger partial charge on any atom is -0.378 e. The molecule has 2 heterocycles. The number of hydrogen-bond donors (Lipinski definition) is 2. The molecule has 2 N–H and O–H groups in total. The standard InChI is InChI=1S/C15H23N5O2/c1-20(2)13-5-7-16-14(18-13)19-15(21)17-11-6-8-22-12(9-11)10-3-4-10/h5,7,10-12H,3-4,6,8-9H2,1-2H3,(H2,16,17,18,19,21)/t11-,12-/m0/s1. The summed E-state index contributed by atoms with van der Waals surface area (Å²) in [5, 5.41) is 5.71. The zero-order valence-corrected chi connectivity index (χ0v) is 13.1. The van der Waals surface area contributed by atoms with Crippen LogP contribution in [0.2, 0.25) is 0 Å². The Bertz CT molecular complexity index is 532. The van der Waals surface area contributed by atoms with Crippen molar-refractivity contribution < 1.29 is 9.53 Å². The van der Waals surface area contributed by atoms with Crippen molar-refractivity contribution >= 4 is 17.8 Å². The van der Waals surface area contributed by atoms with Crippen molar-refractivity contribution in [2.75, 3.05) is 30.9 Å². The van der Waals surface area contributed by atoms with E-state index >= 15 is 0 Å². The minimum atomic E-state index is -0.252. The van der Waals surface area contributed by atoms with Crippen molar-refractivity contribution in [1.29, 1.82) is 0 Å². The van der Waals surface area contributed by atoms with Crippen LogP contribution in [0.5, 0.6) is 0 Å². The smallest absolute Gasteiger partial charge is 0.321 e. The van der Waals surface area contributed by atoms with Crippen molar-refractivity contribution in [3.05, 3.63) is 12.3 Å². The first-order valence-electron chi connectivity index (χ1n) is 7.81. The zero-order valence-electron chi connectivity index (χ0n) is 13.1. The van der Waals surface area contributed by atoms with E-state index in [4.69, 9.17) is 4.74 Å². The van der Waals surface area contributed by atoms with E-state index in [1.54, 1.807) is 12.3 Å². The second kappa shape index (κ2) is 6.48. The molecular weight excluding hydrogens is 282 g/mol. The minimum absolute atomic E-state index is 0.163. The molecule has 22 heavy (non-hydrogen) atoms. The molecule has 120 valence electrons. The largest absolute Gasteiger partial charge is 0.378 e. The number of anilines is 2. The van der Waals surface area contributed by atoms with Gasteiger partial charge in [0.25, 0.3) is 0 Å². The molecule has 1 saturated heterocycles. The van der Waals surface area contributed by atoms with E-state index in [0.29, 0.717) is 18.0 Å². The molecule has 2 aliphatic rings. The lowest BCUT2D eigenvalue weighted by molar-refractivity contribution is -0.00890. The van der Waals surface area contributed by atoms with E-state index in [1.807, 2.05) is 19.0 Å². The van der Waals surface area contributed by atoms with Gasteiger partial charge in [-0.2, -0.15) is 4.98 Å². The van der Waals surface area contributed by atoms with Gasteiger partial charge in [-0.15, -0.1) is 0 Å². The van der Waals surface area contributed by atoms with Gasteiger partial charge >= 0.3 is 6.03 Å². The number of rotatable bonds is 4. The van der Waals surface area contributed by atoms with Gasteiger partial charge in [0.2, 0.25) is 5.95 Å². The van der Waals surface area contributed by atoms with E-state index in [0.717, 1.165) is 25.3 Å². The Morgan fingerprint density at radius 3 is 2.91 bits per heavy atom. The Hall–Kier alpha value is -1.89. The van der Waals surface area contributed by atoms with Crippen molar-refractivity contribution in [3.8, 4) is 0 Å². The number of nitrogens with zero attached hydrogens (tertiary/aromatic N) is 3. The molecule has 1 saturated carbocycles. The number of aromatic nitrogens is 2. The Morgan fingerprint density at radius 2 is 2.18 bits per heavy atom. The van der Waals surface area contributed by atoms with Crippen molar-refractivity contribution in [2.45, 2.75) is 37.8 Å². The van der Waals surface area contributed by atoms with E-state index in [2.05, 4.69) is 20.6 Å². The third-order valence-electron chi connectivity index (χ3n) is 4.12. The second-order valence-corrected chi connectivity index (χ2v) is 6.20. The Kier molecular flexibility index (Phi) is 4.42. The summed E-state index contributed by atoms with van der Waals surface area (Å²) < 4.78 is 5.77. The zero-order chi connectivity index (χ0) is 15.5. The molecule has 1 aromatic heterocycles. The van der Waals surface area contributed by atoms with E-state index in [9.17, 15) is 4.79 Å². The molecule has 1 aromatic rings. The monoisotopic (exact) mass is 305 g/mol. The van der Waals surface area contributed by atoms with Crippen molar-refractivity contribution in [3.63, 3.8) is 0 Å². The van der Waals surface area contributed by atoms with Gasteiger partial charge in [0.05, 0.1) is 6.10 Å². The molecule has 1 aliphatic carbocycles. The summed E-state index contributed by atoms with van der Waals surface area (Å²) in [6.07, 6.45) is 6.22. The highest BCUT2D eigenvalue weighted by molar-refractivity contribution is 5.87. The maximum absolute atomic E-state index is 12.1. The third kappa shape index (κ3) is 3.85. The number of carbonyl (C=O) groups is 1. The average molecular weight is 305 g/mol. The number of hydrogen-bond acceptors (Lipinski definition) is 5. The van der Waals surface area contributed by atoms with Gasteiger partial charge in [-0.1, -0.05) is 0 Å². The van der Waals surface area contributed by atoms with Crippen molar-refractivity contribution in [1.82, 2.24) is 15.3 Å². The maximum atomic E-state index is 12.1. The first-order chi connectivity index (χ1) is 10.6. The number of carbonyl (C=O) groups excluding carboxylic acids is 1. The lowest BCUT2D eigenvalue weighted by Gasteiger charge is -2.30. The average Bonchev–Trinajstić information content (AvgIpc) is 3.32. The molecule has 0 bridgehead atoms. The number of ether oxygens (including phenoxy) is 1. The molecule has 3 rings (SSSR count). The van der Waals surface area contributed by atoms with E-state index in [1.165, 1.54) is 12.8 Å². The van der Waals surface area contributed by atoms with Crippen LogP contribution in [-0.2, 0) is 4.74 Å². The molecule has 7 heteroatoms. The first kappa shape index (κ1) is 15.0. The highest BCUT2D eigenvalue weighted by atomic mass is 16.5. The van der Waals surface area contributed by atoms with Crippen LogP contribution in [0.4, 0.5) is 16.6 Å². The summed E-state index contributed by atoms with van der Waals surface area (Å²) >= 11 is 0. The van der Waals surface area contributed by atoms with E-state index < -0.39 is 0 Å². The molecule has 0 spiro atoms. The van der Waals surface area contributed by atoms with Crippen LogP contribution < -0.4 is 15.5 Å². The fourth-order valence-electron chi connectivity index (χ4n) is 2.74. The summed E-state index contributed by atoms with van der Waals surface area (Å²) in [4.78, 5) is 22.3. The van der Waals surface area contributed by atoms with Crippen LogP contribution in [0.3, 0.4) is 0 Å². The Labute approximate surface area is 130 Å². The molecule has 2 fully saturated rings. The van der Waals surface area contributed by atoms with Crippen LogP contribution in [0, 0.1) is 5.92 Å². The van der Waals surface area contributed by atoms with Crippen LogP contribution in [0.15, 0.2) is 12.3 Å². The lowest BCUT2D eigenvalue weighted by atomic mass is 10.0.